The predicted octanol–water partition coefficient (Wildman–Crippen LogP) is 1.42. The van der Waals surface area contributed by atoms with E-state index < -0.39 is 0 Å². The Morgan fingerprint density at radius 2 is 2.17 bits per heavy atom. The molecule has 1 aromatic heterocycles. The standard InChI is InChI=1S/C13H24N4O/c1-2-17-13(14-11-15-17)10-16(8-9-18)12-6-4-3-5-7-12/h11-12,18H,2-10H2,1H3. The van der Waals surface area contributed by atoms with Crippen LogP contribution in [-0.2, 0) is 13.1 Å². The molecule has 1 fully saturated rings. The Hall–Kier alpha value is -0.940. The third-order valence-corrected chi connectivity index (χ3v) is 3.82. The average Bonchev–Trinajstić information content (AvgIpc) is 2.86. The monoisotopic (exact) mass is 252 g/mol. The number of aromatic nitrogens is 3. The van der Waals surface area contributed by atoms with Crippen molar-refractivity contribution in [1.29, 1.82) is 0 Å². The first-order chi connectivity index (χ1) is 8.85. The molecule has 0 radical (unpaired) electrons. The Bertz CT molecular complexity index is 347. The van der Waals surface area contributed by atoms with Gasteiger partial charge in [-0.2, -0.15) is 5.10 Å². The number of hydrogen-bond acceptors (Lipinski definition) is 4. The highest BCUT2D eigenvalue weighted by molar-refractivity contribution is 4.87. The normalized spacial score (nSPS) is 17.5. The van der Waals surface area contributed by atoms with Crippen LogP contribution in [0.4, 0.5) is 0 Å². The molecule has 0 amide bonds. The van der Waals surface area contributed by atoms with Crippen LogP contribution in [-0.4, -0.2) is 44.0 Å². The SMILES string of the molecule is CCn1ncnc1CN(CCO)C1CCCCC1. The van der Waals surface area contributed by atoms with Crippen molar-refractivity contribution >= 4 is 0 Å². The molecule has 102 valence electrons. The van der Waals surface area contributed by atoms with Crippen molar-refractivity contribution in [3.05, 3.63) is 12.2 Å². The lowest BCUT2D eigenvalue weighted by atomic mass is 9.94. The molecule has 2 rings (SSSR count). The molecule has 0 unspecified atom stereocenters. The molecular weight excluding hydrogens is 228 g/mol. The number of aliphatic hydroxyl groups is 1. The highest BCUT2D eigenvalue weighted by Gasteiger charge is 2.22. The number of aryl methyl sites for hydroxylation is 1. The molecule has 1 aromatic rings. The van der Waals surface area contributed by atoms with E-state index in [1.54, 1.807) is 6.33 Å². The summed E-state index contributed by atoms with van der Waals surface area (Å²) in [5, 5.41) is 13.4. The quantitative estimate of drug-likeness (QED) is 0.832. The fourth-order valence-corrected chi connectivity index (χ4v) is 2.82. The maximum absolute atomic E-state index is 9.24. The van der Waals surface area contributed by atoms with Crippen LogP contribution < -0.4 is 0 Å². The van der Waals surface area contributed by atoms with Crippen LogP contribution in [0.1, 0.15) is 44.9 Å². The van der Waals surface area contributed by atoms with Gasteiger partial charge in [-0.05, 0) is 19.8 Å². The zero-order chi connectivity index (χ0) is 12.8. The molecule has 5 heteroatoms. The van der Waals surface area contributed by atoms with Crippen LogP contribution in [0.2, 0.25) is 0 Å². The number of rotatable bonds is 6. The van der Waals surface area contributed by atoms with Crippen LogP contribution in [0.25, 0.3) is 0 Å². The lowest BCUT2D eigenvalue weighted by Crippen LogP contribution is -2.39. The van der Waals surface area contributed by atoms with Crippen molar-refractivity contribution < 1.29 is 5.11 Å². The first-order valence-electron chi connectivity index (χ1n) is 7.06. The first kappa shape index (κ1) is 13.5. The van der Waals surface area contributed by atoms with E-state index in [9.17, 15) is 5.11 Å². The van der Waals surface area contributed by atoms with Gasteiger partial charge in [0.25, 0.3) is 0 Å². The zero-order valence-electron chi connectivity index (χ0n) is 11.3. The van der Waals surface area contributed by atoms with Crippen molar-refractivity contribution in [2.45, 2.75) is 58.2 Å². The van der Waals surface area contributed by atoms with Crippen molar-refractivity contribution in [2.24, 2.45) is 0 Å². The molecule has 1 N–H and O–H groups in total. The highest BCUT2D eigenvalue weighted by Crippen LogP contribution is 2.23. The van der Waals surface area contributed by atoms with Crippen molar-refractivity contribution in [3.63, 3.8) is 0 Å². The first-order valence-corrected chi connectivity index (χ1v) is 7.06. The second-order valence-corrected chi connectivity index (χ2v) is 4.98. The molecule has 0 aromatic carbocycles. The Balaban J connectivity index is 2.00. The summed E-state index contributed by atoms with van der Waals surface area (Å²) in [5.41, 5.74) is 0. The Kier molecular flexibility index (Phi) is 5.13. The molecule has 0 saturated heterocycles. The smallest absolute Gasteiger partial charge is 0.141 e. The molecule has 1 aliphatic rings. The second kappa shape index (κ2) is 6.85. The van der Waals surface area contributed by atoms with Crippen LogP contribution >= 0.6 is 0 Å². The fraction of sp³-hybridized carbons (Fsp3) is 0.846. The summed E-state index contributed by atoms with van der Waals surface area (Å²) in [7, 11) is 0. The van der Waals surface area contributed by atoms with Crippen LogP contribution in [0.15, 0.2) is 6.33 Å². The minimum atomic E-state index is 0.219. The molecule has 0 atom stereocenters. The number of hydrogen-bond donors (Lipinski definition) is 1. The Morgan fingerprint density at radius 1 is 1.39 bits per heavy atom. The largest absolute Gasteiger partial charge is 0.395 e. The van der Waals surface area contributed by atoms with E-state index in [4.69, 9.17) is 0 Å². The fourth-order valence-electron chi connectivity index (χ4n) is 2.82. The summed E-state index contributed by atoms with van der Waals surface area (Å²) < 4.78 is 1.94. The summed E-state index contributed by atoms with van der Waals surface area (Å²) >= 11 is 0. The van der Waals surface area contributed by atoms with Gasteiger partial charge < -0.3 is 5.11 Å². The zero-order valence-corrected chi connectivity index (χ0v) is 11.3. The number of nitrogens with zero attached hydrogens (tertiary/aromatic N) is 4. The summed E-state index contributed by atoms with van der Waals surface area (Å²) in [6, 6.07) is 0.605. The van der Waals surface area contributed by atoms with Gasteiger partial charge in [-0.3, -0.25) is 4.90 Å². The van der Waals surface area contributed by atoms with E-state index in [0.29, 0.717) is 6.04 Å². The minimum absolute atomic E-state index is 0.219. The lowest BCUT2D eigenvalue weighted by molar-refractivity contribution is 0.113. The Morgan fingerprint density at radius 3 is 2.83 bits per heavy atom. The van der Waals surface area contributed by atoms with Gasteiger partial charge in [0.15, 0.2) is 0 Å². The molecule has 1 heterocycles. The lowest BCUT2D eigenvalue weighted by Gasteiger charge is -2.33. The van der Waals surface area contributed by atoms with Crippen molar-refractivity contribution in [3.8, 4) is 0 Å². The van der Waals surface area contributed by atoms with Gasteiger partial charge in [0.1, 0.15) is 12.2 Å². The van der Waals surface area contributed by atoms with Gasteiger partial charge in [0.2, 0.25) is 0 Å². The van der Waals surface area contributed by atoms with E-state index >= 15 is 0 Å². The maximum Gasteiger partial charge on any atom is 0.141 e. The molecule has 1 aliphatic carbocycles. The van der Waals surface area contributed by atoms with Crippen LogP contribution in [0.3, 0.4) is 0 Å². The van der Waals surface area contributed by atoms with E-state index in [-0.39, 0.29) is 6.61 Å². The van der Waals surface area contributed by atoms with Gasteiger partial charge in [-0.1, -0.05) is 19.3 Å². The van der Waals surface area contributed by atoms with Gasteiger partial charge in [0, 0.05) is 19.1 Å². The Labute approximate surface area is 109 Å². The topological polar surface area (TPSA) is 54.2 Å². The van der Waals surface area contributed by atoms with E-state index in [1.807, 2.05) is 4.68 Å². The molecule has 0 aliphatic heterocycles. The van der Waals surface area contributed by atoms with Crippen LogP contribution in [0, 0.1) is 0 Å². The molecular formula is C13H24N4O. The van der Waals surface area contributed by atoms with E-state index in [0.717, 1.165) is 25.5 Å². The van der Waals surface area contributed by atoms with Gasteiger partial charge in [0.05, 0.1) is 13.2 Å². The van der Waals surface area contributed by atoms with Gasteiger partial charge >= 0.3 is 0 Å². The van der Waals surface area contributed by atoms with Gasteiger partial charge in [-0.25, -0.2) is 9.67 Å². The summed E-state index contributed by atoms with van der Waals surface area (Å²) in [5.74, 6) is 1.01. The third kappa shape index (κ3) is 3.29. The molecule has 0 spiro atoms. The highest BCUT2D eigenvalue weighted by atomic mass is 16.3. The maximum atomic E-state index is 9.24. The van der Waals surface area contributed by atoms with Crippen molar-refractivity contribution in [2.75, 3.05) is 13.2 Å². The summed E-state index contributed by atoms with van der Waals surface area (Å²) in [6.07, 6.45) is 8.10. The molecule has 0 bridgehead atoms. The van der Waals surface area contributed by atoms with Gasteiger partial charge in [-0.15, -0.1) is 0 Å². The third-order valence-electron chi connectivity index (χ3n) is 3.82. The summed E-state index contributed by atoms with van der Waals surface area (Å²) in [6.45, 7) is 4.69. The number of aliphatic hydroxyl groups excluding tert-OH is 1. The van der Waals surface area contributed by atoms with Crippen molar-refractivity contribution in [1.82, 2.24) is 19.7 Å². The average molecular weight is 252 g/mol. The molecule has 5 nitrogen and oxygen atoms in total. The van der Waals surface area contributed by atoms with Crippen LogP contribution in [0.5, 0.6) is 0 Å². The van der Waals surface area contributed by atoms with E-state index in [2.05, 4.69) is 21.9 Å². The summed E-state index contributed by atoms with van der Waals surface area (Å²) in [4.78, 5) is 6.70. The minimum Gasteiger partial charge on any atom is -0.395 e. The van der Waals surface area contributed by atoms with E-state index in [1.165, 1.54) is 32.1 Å². The second-order valence-electron chi connectivity index (χ2n) is 4.98. The molecule has 1 saturated carbocycles. The predicted molar refractivity (Wildman–Crippen MR) is 70.1 cm³/mol. The molecule has 18 heavy (non-hydrogen) atoms.